The third-order valence-corrected chi connectivity index (χ3v) is 10.2. The van der Waals surface area contributed by atoms with E-state index in [1.165, 1.54) is 18.1 Å². The number of methoxy groups -OCH3 is 1. The lowest BCUT2D eigenvalue weighted by Crippen LogP contribution is -2.62. The minimum absolute atomic E-state index is 0.0391. The SMILES string of the molecule is COCCN(C)CCOCCOCCOc1ccc(CN2C(=O)C(C(=O)Nc3ccc(C(F)(F)F)cc3-c3cc(C(F)(F)F)ncn3)=C(O)C3(CCCC3)N2C)c(F)c1F. The standard InChI is InChI=1S/C39H44F8N6O7/c1-51(12-14-57-3)13-15-58-16-17-59-18-19-60-29-9-6-24(32(40)33(29)41)22-53-36(56)31(34(54)37(52(53)2)10-4-5-11-37)35(55)50-27-8-7-25(38(42,43)44)20-26(27)28-21-30(39(45,46)47)49-23-48-28/h6-9,20-21,23,54H,4-5,10-19,22H2,1-3H3,(H,50,55). The van der Waals surface area contributed by atoms with Gasteiger partial charge < -0.3 is 34.3 Å². The fraction of sp³-hybridized carbons (Fsp3) is 0.487. The van der Waals surface area contributed by atoms with Gasteiger partial charge in [-0.2, -0.15) is 30.7 Å². The lowest BCUT2D eigenvalue weighted by Gasteiger charge is -2.48. The molecule has 1 aliphatic heterocycles. The van der Waals surface area contributed by atoms with Crippen LogP contribution in [0, 0.1) is 11.6 Å². The summed E-state index contributed by atoms with van der Waals surface area (Å²) in [6, 6.07) is 4.51. The van der Waals surface area contributed by atoms with Gasteiger partial charge in [-0.25, -0.2) is 19.4 Å². The molecular weight excluding hydrogens is 816 g/mol. The zero-order chi connectivity index (χ0) is 43.8. The van der Waals surface area contributed by atoms with Crippen LogP contribution < -0.4 is 10.1 Å². The molecule has 2 amide bonds. The van der Waals surface area contributed by atoms with Crippen LogP contribution >= 0.6 is 0 Å². The minimum Gasteiger partial charge on any atom is -0.509 e. The monoisotopic (exact) mass is 860 g/mol. The highest BCUT2D eigenvalue weighted by Crippen LogP contribution is 2.45. The Morgan fingerprint density at radius 1 is 0.900 bits per heavy atom. The summed E-state index contributed by atoms with van der Waals surface area (Å²) in [5, 5.41) is 16.1. The van der Waals surface area contributed by atoms with E-state index in [-0.39, 0.29) is 38.2 Å². The number of ether oxygens (including phenoxy) is 4. The van der Waals surface area contributed by atoms with Crippen molar-refractivity contribution in [1.82, 2.24) is 24.9 Å². The minimum atomic E-state index is -5.00. The summed E-state index contributed by atoms with van der Waals surface area (Å²) < 4.78 is 134. The van der Waals surface area contributed by atoms with Crippen molar-refractivity contribution in [3.05, 3.63) is 82.5 Å². The molecule has 2 heterocycles. The van der Waals surface area contributed by atoms with Crippen molar-refractivity contribution in [2.45, 2.75) is 50.1 Å². The molecule has 0 bridgehead atoms. The number of amides is 2. The molecule has 1 spiro atoms. The van der Waals surface area contributed by atoms with Crippen LogP contribution in [0.15, 0.2) is 54.1 Å². The Morgan fingerprint density at radius 2 is 1.57 bits per heavy atom. The number of carbonyl (C=O) groups is 2. The van der Waals surface area contributed by atoms with Crippen molar-refractivity contribution in [1.29, 1.82) is 0 Å². The van der Waals surface area contributed by atoms with Crippen LogP contribution in [-0.2, 0) is 42.7 Å². The molecule has 5 rings (SSSR count). The molecule has 13 nitrogen and oxygen atoms in total. The van der Waals surface area contributed by atoms with Crippen molar-refractivity contribution in [2.24, 2.45) is 0 Å². The van der Waals surface area contributed by atoms with Gasteiger partial charge >= 0.3 is 12.4 Å². The fourth-order valence-electron chi connectivity index (χ4n) is 6.85. The summed E-state index contributed by atoms with van der Waals surface area (Å²) in [6.07, 6.45) is -7.98. The van der Waals surface area contributed by atoms with Crippen LogP contribution in [0.2, 0.25) is 0 Å². The normalized spacial score (nSPS) is 16.1. The number of aliphatic hydroxyl groups excluding tert-OH is 1. The average molecular weight is 861 g/mol. The molecule has 1 aliphatic carbocycles. The molecule has 0 atom stereocenters. The van der Waals surface area contributed by atoms with Crippen LogP contribution in [0.25, 0.3) is 11.3 Å². The van der Waals surface area contributed by atoms with Gasteiger partial charge in [-0.15, -0.1) is 0 Å². The number of likely N-dealkylation sites (N-methyl/N-ethyl adjacent to an activating group) is 2. The van der Waals surface area contributed by atoms with E-state index < -0.39 is 93.2 Å². The van der Waals surface area contributed by atoms with E-state index in [0.29, 0.717) is 63.7 Å². The number of hydrazine groups is 1. The number of halogens is 8. The number of nitrogens with zero attached hydrogens (tertiary/aromatic N) is 5. The summed E-state index contributed by atoms with van der Waals surface area (Å²) in [5.74, 6) is -6.34. The molecule has 1 saturated carbocycles. The van der Waals surface area contributed by atoms with Crippen molar-refractivity contribution in [2.75, 3.05) is 79.3 Å². The molecule has 21 heteroatoms. The second kappa shape index (κ2) is 19.6. The van der Waals surface area contributed by atoms with E-state index in [4.69, 9.17) is 18.9 Å². The van der Waals surface area contributed by atoms with Gasteiger partial charge in [-0.3, -0.25) is 14.6 Å². The van der Waals surface area contributed by atoms with E-state index in [0.717, 1.165) is 23.7 Å². The largest absolute Gasteiger partial charge is 0.509 e. The summed E-state index contributed by atoms with van der Waals surface area (Å²) in [5.41, 5.74) is -7.06. The molecule has 60 heavy (non-hydrogen) atoms. The number of aromatic nitrogens is 2. The quantitative estimate of drug-likeness (QED) is 0.0835. The molecule has 0 radical (unpaired) electrons. The van der Waals surface area contributed by atoms with Crippen molar-refractivity contribution < 1.29 is 68.8 Å². The Kier molecular flexibility index (Phi) is 15.1. The fourth-order valence-corrected chi connectivity index (χ4v) is 6.85. The number of alkyl halides is 6. The van der Waals surface area contributed by atoms with Gasteiger partial charge in [0.15, 0.2) is 11.6 Å². The number of hydrogen-bond acceptors (Lipinski definition) is 11. The zero-order valence-corrected chi connectivity index (χ0v) is 32.9. The number of aliphatic hydroxyl groups is 1. The summed E-state index contributed by atoms with van der Waals surface area (Å²) in [6.45, 7) is 2.36. The maximum Gasteiger partial charge on any atom is 0.433 e. The highest BCUT2D eigenvalue weighted by atomic mass is 19.4. The van der Waals surface area contributed by atoms with Gasteiger partial charge in [0, 0.05) is 38.4 Å². The molecule has 3 aromatic rings. The Bertz CT molecular complexity index is 2030. The summed E-state index contributed by atoms with van der Waals surface area (Å²) in [4.78, 5) is 36.9. The van der Waals surface area contributed by atoms with E-state index >= 15 is 8.78 Å². The van der Waals surface area contributed by atoms with Gasteiger partial charge in [0.1, 0.15) is 30.0 Å². The topological polar surface area (TPSA) is 139 Å². The summed E-state index contributed by atoms with van der Waals surface area (Å²) >= 11 is 0. The molecule has 2 aliphatic rings. The first-order valence-corrected chi connectivity index (χ1v) is 18.7. The molecule has 2 aromatic carbocycles. The molecule has 328 valence electrons. The first-order chi connectivity index (χ1) is 28.4. The summed E-state index contributed by atoms with van der Waals surface area (Å²) in [7, 11) is 4.98. The van der Waals surface area contributed by atoms with Crippen molar-refractivity contribution in [3.63, 3.8) is 0 Å². The first-order valence-electron chi connectivity index (χ1n) is 18.7. The first kappa shape index (κ1) is 46.1. The maximum absolute atomic E-state index is 15.6. The van der Waals surface area contributed by atoms with E-state index in [1.54, 1.807) is 7.11 Å². The highest BCUT2D eigenvalue weighted by Gasteiger charge is 2.53. The Balaban J connectivity index is 1.31. The van der Waals surface area contributed by atoms with Crippen molar-refractivity contribution >= 4 is 17.5 Å². The zero-order valence-electron chi connectivity index (χ0n) is 32.9. The second-order valence-electron chi connectivity index (χ2n) is 14.1. The molecule has 0 unspecified atom stereocenters. The Labute approximate surface area is 339 Å². The van der Waals surface area contributed by atoms with E-state index in [2.05, 4.69) is 15.3 Å². The Hall–Kier alpha value is -4.96. The lowest BCUT2D eigenvalue weighted by molar-refractivity contribution is -0.163. The molecular formula is C39H44F8N6O7. The van der Waals surface area contributed by atoms with Gasteiger partial charge in [0.25, 0.3) is 11.8 Å². The lowest BCUT2D eigenvalue weighted by atomic mass is 9.88. The van der Waals surface area contributed by atoms with E-state index in [9.17, 15) is 41.0 Å². The van der Waals surface area contributed by atoms with Crippen LogP contribution in [0.3, 0.4) is 0 Å². The number of rotatable bonds is 18. The molecule has 2 N–H and O–H groups in total. The highest BCUT2D eigenvalue weighted by molar-refractivity contribution is 6.24. The number of hydrogen-bond donors (Lipinski definition) is 2. The van der Waals surface area contributed by atoms with Gasteiger partial charge in [0.05, 0.1) is 62.1 Å². The third-order valence-electron chi connectivity index (χ3n) is 10.2. The van der Waals surface area contributed by atoms with Crippen LogP contribution in [0.5, 0.6) is 5.75 Å². The Morgan fingerprint density at radius 3 is 2.23 bits per heavy atom. The average Bonchev–Trinajstić information content (AvgIpc) is 3.70. The van der Waals surface area contributed by atoms with Gasteiger partial charge in [-0.1, -0.05) is 18.9 Å². The maximum atomic E-state index is 15.6. The van der Waals surface area contributed by atoms with Crippen LogP contribution in [0.4, 0.5) is 40.8 Å². The van der Waals surface area contributed by atoms with E-state index in [1.807, 2.05) is 11.9 Å². The van der Waals surface area contributed by atoms with Gasteiger partial charge in [-0.05, 0) is 50.2 Å². The molecule has 1 fully saturated rings. The van der Waals surface area contributed by atoms with Crippen LogP contribution in [-0.4, -0.2) is 121 Å². The second-order valence-corrected chi connectivity index (χ2v) is 14.1. The predicted molar refractivity (Wildman–Crippen MR) is 198 cm³/mol. The number of benzene rings is 2. The third kappa shape index (κ3) is 10.7. The van der Waals surface area contributed by atoms with Crippen molar-refractivity contribution in [3.8, 4) is 17.0 Å². The predicted octanol–water partition coefficient (Wildman–Crippen LogP) is 6.40. The number of anilines is 1. The smallest absolute Gasteiger partial charge is 0.433 e. The number of nitrogens with one attached hydrogen (secondary N) is 1. The molecule has 1 aromatic heterocycles. The van der Waals surface area contributed by atoms with Gasteiger partial charge in [0.2, 0.25) is 5.82 Å². The molecule has 0 saturated heterocycles. The number of carbonyl (C=O) groups excluding carboxylic acids is 2. The van der Waals surface area contributed by atoms with Crippen LogP contribution in [0.1, 0.15) is 42.5 Å².